The van der Waals surface area contributed by atoms with E-state index in [1.807, 2.05) is 6.07 Å². The summed E-state index contributed by atoms with van der Waals surface area (Å²) in [5.41, 5.74) is 2.35. The molecule has 0 aliphatic carbocycles. The van der Waals surface area contributed by atoms with E-state index in [9.17, 15) is 9.90 Å². The first-order valence-electron chi connectivity index (χ1n) is 5.90. The zero-order valence-electron chi connectivity index (χ0n) is 10.3. The molecular formula is C13H17NO4. The first kappa shape index (κ1) is 12.9. The molecule has 18 heavy (non-hydrogen) atoms. The Kier molecular flexibility index (Phi) is 3.84. The number of ether oxygens (including phenoxy) is 1. The van der Waals surface area contributed by atoms with Gasteiger partial charge in [-0.2, -0.15) is 0 Å². The fraction of sp³-hybridized carbons (Fsp3) is 0.462. The molecule has 1 heterocycles. The molecule has 0 bridgehead atoms. The van der Waals surface area contributed by atoms with E-state index in [4.69, 9.17) is 9.84 Å². The molecule has 5 nitrogen and oxygen atoms in total. The summed E-state index contributed by atoms with van der Waals surface area (Å²) in [7, 11) is 1.56. The highest BCUT2D eigenvalue weighted by molar-refractivity contribution is 5.88. The molecule has 0 spiro atoms. The third kappa shape index (κ3) is 2.63. The van der Waals surface area contributed by atoms with Crippen molar-refractivity contribution in [2.24, 2.45) is 0 Å². The van der Waals surface area contributed by atoms with Crippen molar-refractivity contribution in [1.82, 2.24) is 0 Å². The maximum atomic E-state index is 10.9. The third-order valence-corrected chi connectivity index (χ3v) is 3.11. The van der Waals surface area contributed by atoms with E-state index < -0.39 is 12.1 Å². The van der Waals surface area contributed by atoms with Gasteiger partial charge in [0.1, 0.15) is 0 Å². The maximum Gasteiger partial charge on any atom is 0.335 e. The van der Waals surface area contributed by atoms with Crippen molar-refractivity contribution in [2.75, 3.05) is 31.7 Å². The Morgan fingerprint density at radius 3 is 3.00 bits per heavy atom. The molecule has 1 unspecified atom stereocenters. The lowest BCUT2D eigenvalue weighted by molar-refractivity contribution is 0.0689. The lowest BCUT2D eigenvalue weighted by atomic mass is 10.1. The fourth-order valence-corrected chi connectivity index (χ4v) is 2.29. The van der Waals surface area contributed by atoms with E-state index in [1.54, 1.807) is 19.2 Å². The molecule has 1 aromatic carbocycles. The topological polar surface area (TPSA) is 70.0 Å². The van der Waals surface area contributed by atoms with Crippen molar-refractivity contribution in [3.8, 4) is 0 Å². The van der Waals surface area contributed by atoms with Crippen molar-refractivity contribution in [3.05, 3.63) is 29.3 Å². The Balaban J connectivity index is 2.11. The number of aliphatic hydroxyl groups excluding tert-OH is 1. The van der Waals surface area contributed by atoms with Crippen LogP contribution in [0.25, 0.3) is 0 Å². The lowest BCUT2D eigenvalue weighted by Gasteiger charge is -2.22. The minimum absolute atomic E-state index is 0.305. The number of β-amino-alcohol motifs (C(OH)–C–C–N with tert-alkyl or cyclic N) is 1. The van der Waals surface area contributed by atoms with Crippen LogP contribution < -0.4 is 4.90 Å². The molecule has 1 aliphatic rings. The van der Waals surface area contributed by atoms with Crippen LogP contribution in [0.5, 0.6) is 0 Å². The van der Waals surface area contributed by atoms with Crippen molar-refractivity contribution >= 4 is 11.7 Å². The Hall–Kier alpha value is -1.59. The summed E-state index contributed by atoms with van der Waals surface area (Å²) >= 11 is 0. The first-order valence-corrected chi connectivity index (χ1v) is 5.90. The molecule has 0 fully saturated rings. The van der Waals surface area contributed by atoms with Gasteiger partial charge >= 0.3 is 5.97 Å². The summed E-state index contributed by atoms with van der Waals surface area (Å²) in [6.07, 6.45) is 0.288. The number of nitrogens with zero attached hydrogens (tertiary/aromatic N) is 1. The first-order chi connectivity index (χ1) is 8.61. The molecule has 0 aromatic heterocycles. The molecule has 5 heteroatoms. The largest absolute Gasteiger partial charge is 0.478 e. The Bertz CT molecular complexity index is 447. The number of anilines is 1. The molecule has 1 aromatic rings. The van der Waals surface area contributed by atoms with E-state index >= 15 is 0 Å². The fourth-order valence-electron chi connectivity index (χ4n) is 2.29. The number of benzene rings is 1. The summed E-state index contributed by atoms with van der Waals surface area (Å²) in [5.74, 6) is -0.907. The van der Waals surface area contributed by atoms with Gasteiger partial charge in [-0.1, -0.05) is 0 Å². The highest BCUT2D eigenvalue weighted by Gasteiger charge is 2.22. The minimum atomic E-state index is -0.907. The average Bonchev–Trinajstić information content (AvgIpc) is 2.72. The molecule has 2 rings (SSSR count). The van der Waals surface area contributed by atoms with E-state index in [-0.39, 0.29) is 0 Å². The van der Waals surface area contributed by atoms with Crippen LogP contribution in [0.4, 0.5) is 5.69 Å². The van der Waals surface area contributed by atoms with Gasteiger partial charge in [-0.3, -0.25) is 0 Å². The van der Waals surface area contributed by atoms with Crippen LogP contribution in [0.3, 0.4) is 0 Å². The van der Waals surface area contributed by atoms with E-state index in [1.165, 1.54) is 0 Å². The van der Waals surface area contributed by atoms with Gasteiger partial charge in [-0.15, -0.1) is 0 Å². The van der Waals surface area contributed by atoms with Gasteiger partial charge in [0.05, 0.1) is 18.3 Å². The molecule has 1 atom stereocenters. The summed E-state index contributed by atoms with van der Waals surface area (Å²) in [5, 5.41) is 18.6. The number of rotatable bonds is 5. The molecule has 0 saturated heterocycles. The number of carboxylic acids is 1. The number of aromatic carboxylic acids is 1. The van der Waals surface area contributed by atoms with Crippen molar-refractivity contribution in [1.29, 1.82) is 0 Å². The second-order valence-corrected chi connectivity index (χ2v) is 4.45. The molecule has 1 aliphatic heterocycles. The predicted molar refractivity (Wildman–Crippen MR) is 67.2 cm³/mol. The van der Waals surface area contributed by atoms with Gasteiger partial charge in [0.2, 0.25) is 0 Å². The lowest BCUT2D eigenvalue weighted by Crippen LogP contribution is -2.33. The number of hydrogen-bond acceptors (Lipinski definition) is 4. The van der Waals surface area contributed by atoms with Gasteiger partial charge in [0.15, 0.2) is 0 Å². The summed E-state index contributed by atoms with van der Waals surface area (Å²) < 4.78 is 4.90. The van der Waals surface area contributed by atoms with Gasteiger partial charge < -0.3 is 19.8 Å². The molecule has 0 saturated carbocycles. The summed E-state index contributed by atoms with van der Waals surface area (Å²) in [6, 6.07) is 5.12. The number of aliphatic hydroxyl groups is 1. The van der Waals surface area contributed by atoms with Crippen LogP contribution in [-0.2, 0) is 11.2 Å². The van der Waals surface area contributed by atoms with Crippen LogP contribution in [0, 0.1) is 0 Å². The molecule has 98 valence electrons. The van der Waals surface area contributed by atoms with Gasteiger partial charge in [-0.25, -0.2) is 4.79 Å². The number of carboxylic acid groups (broad SMARTS) is 1. The van der Waals surface area contributed by atoms with Gasteiger partial charge in [0, 0.05) is 25.9 Å². The zero-order chi connectivity index (χ0) is 13.1. The highest BCUT2D eigenvalue weighted by atomic mass is 16.5. The Morgan fingerprint density at radius 1 is 1.56 bits per heavy atom. The molecule has 0 radical (unpaired) electrons. The van der Waals surface area contributed by atoms with Gasteiger partial charge in [0.25, 0.3) is 0 Å². The zero-order valence-corrected chi connectivity index (χ0v) is 10.3. The Labute approximate surface area is 106 Å². The summed E-state index contributed by atoms with van der Waals surface area (Å²) in [6.45, 7) is 1.62. The number of fused-ring (bicyclic) bond motifs is 1. The van der Waals surface area contributed by atoms with Crippen molar-refractivity contribution in [3.63, 3.8) is 0 Å². The Morgan fingerprint density at radius 2 is 2.33 bits per heavy atom. The molecular weight excluding hydrogens is 234 g/mol. The number of hydrogen-bond donors (Lipinski definition) is 2. The minimum Gasteiger partial charge on any atom is -0.478 e. The van der Waals surface area contributed by atoms with Crippen LogP contribution in [0.2, 0.25) is 0 Å². The second kappa shape index (κ2) is 5.37. The van der Waals surface area contributed by atoms with Crippen molar-refractivity contribution < 1.29 is 19.7 Å². The standard InChI is InChI=1S/C13H17NO4/c1-18-8-11(15)7-14-5-4-9-6-10(13(16)17)2-3-12(9)14/h2-3,6,11,15H,4-5,7-8H2,1H3,(H,16,17). The third-order valence-electron chi connectivity index (χ3n) is 3.11. The quantitative estimate of drug-likeness (QED) is 0.808. The molecule has 2 N–H and O–H groups in total. The SMILES string of the molecule is COCC(O)CN1CCc2cc(C(=O)O)ccc21. The second-order valence-electron chi connectivity index (χ2n) is 4.45. The van der Waals surface area contributed by atoms with E-state index in [2.05, 4.69) is 4.90 Å². The average molecular weight is 251 g/mol. The van der Waals surface area contributed by atoms with E-state index in [0.717, 1.165) is 24.2 Å². The van der Waals surface area contributed by atoms with E-state index in [0.29, 0.717) is 18.7 Å². The smallest absolute Gasteiger partial charge is 0.335 e. The van der Waals surface area contributed by atoms with Crippen molar-refractivity contribution in [2.45, 2.75) is 12.5 Å². The monoisotopic (exact) mass is 251 g/mol. The normalized spacial score (nSPS) is 15.6. The van der Waals surface area contributed by atoms with Gasteiger partial charge in [-0.05, 0) is 30.2 Å². The molecule has 0 amide bonds. The van der Waals surface area contributed by atoms with Crippen LogP contribution in [-0.4, -0.2) is 49.1 Å². The number of methoxy groups -OCH3 is 1. The predicted octanol–water partition coefficient (Wildman–Crippen LogP) is 0.755. The maximum absolute atomic E-state index is 10.9. The van der Waals surface area contributed by atoms with Crippen LogP contribution in [0.15, 0.2) is 18.2 Å². The van der Waals surface area contributed by atoms with Crippen LogP contribution >= 0.6 is 0 Å². The van der Waals surface area contributed by atoms with Crippen LogP contribution in [0.1, 0.15) is 15.9 Å². The summed E-state index contributed by atoms with van der Waals surface area (Å²) in [4.78, 5) is 12.9. The highest BCUT2D eigenvalue weighted by Crippen LogP contribution is 2.28. The number of carbonyl (C=O) groups is 1.